The maximum atomic E-state index is 12.3. The van der Waals surface area contributed by atoms with E-state index >= 15 is 0 Å². The molecule has 0 radical (unpaired) electrons. The highest BCUT2D eigenvalue weighted by Crippen LogP contribution is 2.41. The molecule has 1 fully saturated rings. The molecule has 8 nitrogen and oxygen atoms in total. The Morgan fingerprint density at radius 2 is 1.62 bits per heavy atom. The highest BCUT2D eigenvalue weighted by molar-refractivity contribution is 6.99. The van der Waals surface area contributed by atoms with Crippen molar-refractivity contribution in [1.82, 2.24) is 9.55 Å². The van der Waals surface area contributed by atoms with Gasteiger partial charge in [0.15, 0.2) is 12.3 Å². The smallest absolute Gasteiger partial charge is 0.333 e. The molecule has 0 amide bonds. The normalized spacial score (nSPS) is 23.9. The third kappa shape index (κ3) is 3.56. The molecule has 3 aromatic rings. The molecule has 2 aliphatic heterocycles. The van der Waals surface area contributed by atoms with Crippen LogP contribution in [0.5, 0.6) is 5.88 Å². The van der Waals surface area contributed by atoms with Crippen molar-refractivity contribution in [2.45, 2.75) is 50.3 Å². The highest BCUT2D eigenvalue weighted by Gasteiger charge is 2.54. The predicted octanol–water partition coefficient (Wildman–Crippen LogP) is 1.13. The van der Waals surface area contributed by atoms with Gasteiger partial charge in [-0.25, -0.2) is 9.36 Å². The molecule has 1 aromatic heterocycles. The first-order chi connectivity index (χ1) is 16.2. The number of nitrogens with zero attached hydrogens (tertiary/aromatic N) is 1. The van der Waals surface area contributed by atoms with Crippen LogP contribution in [-0.2, 0) is 9.16 Å². The monoisotopic (exact) mass is 480 g/mol. The number of rotatable bonds is 5. The molecule has 0 unspecified atom stereocenters. The molecule has 3 heterocycles. The Labute approximate surface area is 197 Å². The maximum Gasteiger partial charge on any atom is 0.333 e. The molecule has 0 spiro atoms. The van der Waals surface area contributed by atoms with E-state index in [0.29, 0.717) is 0 Å². The molecule has 9 heteroatoms. The molecule has 4 atom stereocenters. The van der Waals surface area contributed by atoms with Crippen LogP contribution in [0.25, 0.3) is 0 Å². The van der Waals surface area contributed by atoms with Gasteiger partial charge in [-0.2, -0.15) is 0 Å². The molecule has 5 rings (SSSR count). The summed E-state index contributed by atoms with van der Waals surface area (Å²) in [5.41, 5.74) is -1.19. The Morgan fingerprint density at radius 3 is 2.18 bits per heavy atom. The minimum atomic E-state index is -2.82. The first kappa shape index (κ1) is 22.8. The zero-order chi connectivity index (χ0) is 24.1. The van der Waals surface area contributed by atoms with Gasteiger partial charge < -0.3 is 19.0 Å². The first-order valence-electron chi connectivity index (χ1n) is 11.3. The van der Waals surface area contributed by atoms with Crippen molar-refractivity contribution in [3.05, 3.63) is 87.6 Å². The summed E-state index contributed by atoms with van der Waals surface area (Å²) >= 11 is 0. The molecule has 1 saturated heterocycles. The fourth-order valence-electron chi connectivity index (χ4n) is 5.11. The molecule has 0 aliphatic carbocycles. The molecule has 2 aliphatic rings. The number of aromatic nitrogens is 2. The van der Waals surface area contributed by atoms with Crippen LogP contribution in [0.2, 0.25) is 5.04 Å². The second-order valence-corrected chi connectivity index (χ2v) is 14.1. The van der Waals surface area contributed by atoms with Gasteiger partial charge in [0.1, 0.15) is 12.2 Å². The van der Waals surface area contributed by atoms with Crippen LogP contribution < -0.4 is 26.4 Å². The molecule has 2 N–H and O–H groups in total. The number of aliphatic hydroxyl groups excluding tert-OH is 1. The lowest BCUT2D eigenvalue weighted by Gasteiger charge is -2.43. The number of hydrogen-bond donors (Lipinski definition) is 2. The maximum absolute atomic E-state index is 12.3. The van der Waals surface area contributed by atoms with Crippen molar-refractivity contribution in [2.75, 3.05) is 6.61 Å². The largest absolute Gasteiger partial charge is 0.467 e. The predicted molar refractivity (Wildman–Crippen MR) is 129 cm³/mol. The second kappa shape index (κ2) is 8.35. The van der Waals surface area contributed by atoms with Crippen LogP contribution in [0.3, 0.4) is 0 Å². The summed E-state index contributed by atoms with van der Waals surface area (Å²) in [6.07, 6.45) is -3.36. The van der Waals surface area contributed by atoms with E-state index in [-0.39, 0.29) is 17.5 Å². The molecule has 2 aromatic carbocycles. The number of ether oxygens (including phenoxy) is 2. The van der Waals surface area contributed by atoms with Crippen molar-refractivity contribution in [2.24, 2.45) is 0 Å². The molecular weight excluding hydrogens is 452 g/mol. The zero-order valence-electron chi connectivity index (χ0n) is 19.3. The van der Waals surface area contributed by atoms with Crippen molar-refractivity contribution in [3.63, 3.8) is 0 Å². The fourth-order valence-corrected chi connectivity index (χ4v) is 9.68. The third-order valence-electron chi connectivity index (χ3n) is 6.65. The lowest BCUT2D eigenvalue weighted by atomic mass is 10.1. The van der Waals surface area contributed by atoms with E-state index in [1.54, 1.807) is 0 Å². The van der Waals surface area contributed by atoms with E-state index in [0.717, 1.165) is 10.4 Å². The van der Waals surface area contributed by atoms with Gasteiger partial charge in [-0.3, -0.25) is 9.78 Å². The van der Waals surface area contributed by atoms with E-state index in [9.17, 15) is 14.7 Å². The fraction of sp³-hybridized carbons (Fsp3) is 0.360. The van der Waals surface area contributed by atoms with Gasteiger partial charge in [0.05, 0.1) is 12.7 Å². The number of fused-ring (bicyclic) bond motifs is 3. The van der Waals surface area contributed by atoms with Crippen molar-refractivity contribution in [1.29, 1.82) is 0 Å². The summed E-state index contributed by atoms with van der Waals surface area (Å²) in [5.74, 6) is 0.0918. The van der Waals surface area contributed by atoms with E-state index in [4.69, 9.17) is 13.9 Å². The number of aromatic amines is 1. The number of aliphatic hydroxyl groups is 1. The summed E-state index contributed by atoms with van der Waals surface area (Å²) in [6, 6.07) is 21.6. The number of nitrogens with one attached hydrogen (secondary N) is 1. The minimum absolute atomic E-state index is 0.0918. The highest BCUT2D eigenvalue weighted by atomic mass is 28.4. The number of benzene rings is 2. The number of H-pyrrole nitrogens is 1. The van der Waals surface area contributed by atoms with Crippen LogP contribution in [0.15, 0.2) is 76.3 Å². The van der Waals surface area contributed by atoms with Crippen LogP contribution in [0.1, 0.15) is 27.0 Å². The Morgan fingerprint density at radius 1 is 1.03 bits per heavy atom. The summed E-state index contributed by atoms with van der Waals surface area (Å²) in [4.78, 5) is 26.2. The van der Waals surface area contributed by atoms with E-state index < -0.39 is 44.1 Å². The van der Waals surface area contributed by atoms with Gasteiger partial charge in [-0.1, -0.05) is 81.4 Å². The Hall–Kier alpha value is -2.98. The van der Waals surface area contributed by atoms with Gasteiger partial charge in [0.25, 0.3) is 13.9 Å². The second-order valence-electron chi connectivity index (χ2n) is 9.76. The average molecular weight is 481 g/mol. The SMILES string of the molecule is CC(C)(C)[Si](OC[C@H]1O[C@@H]2[C@@H](Oc3cc(=O)[nH]c(=O)n32)[C@@H]1O)(c1ccccc1)c1ccccc1. The summed E-state index contributed by atoms with van der Waals surface area (Å²) in [6.45, 7) is 6.65. The summed E-state index contributed by atoms with van der Waals surface area (Å²) in [7, 11) is -2.82. The minimum Gasteiger partial charge on any atom is -0.467 e. The van der Waals surface area contributed by atoms with Gasteiger partial charge in [-0.15, -0.1) is 0 Å². The molecule has 0 saturated carbocycles. The van der Waals surface area contributed by atoms with Crippen LogP contribution in [0, 0.1) is 0 Å². The topological polar surface area (TPSA) is 103 Å². The first-order valence-corrected chi connectivity index (χ1v) is 13.2. The third-order valence-corrected chi connectivity index (χ3v) is 11.7. The van der Waals surface area contributed by atoms with Gasteiger partial charge >= 0.3 is 5.69 Å². The molecule has 178 valence electrons. The summed E-state index contributed by atoms with van der Waals surface area (Å²) in [5, 5.41) is 13.0. The lowest BCUT2D eigenvalue weighted by molar-refractivity contribution is -0.0411. The summed E-state index contributed by atoms with van der Waals surface area (Å²) < 4.78 is 19.9. The zero-order valence-corrected chi connectivity index (χ0v) is 20.3. The van der Waals surface area contributed by atoms with Crippen LogP contribution >= 0.6 is 0 Å². The number of hydrogen-bond acceptors (Lipinski definition) is 6. The van der Waals surface area contributed by atoms with Crippen molar-refractivity contribution in [3.8, 4) is 5.88 Å². The standard InChI is InChI=1S/C25H28N2O6Si/c1-25(2,3)34(16-10-6-4-7-11-16,17-12-8-5-9-13-17)31-15-18-21(29)22-23(32-18)27-20(33-22)14-19(28)26-24(27)30/h4-14,18,21-23,29H,15H2,1-3H3,(H,26,28,30)/t18-,21-,22+,23-/m1/s1. The van der Waals surface area contributed by atoms with Gasteiger partial charge in [-0.05, 0) is 15.4 Å². The van der Waals surface area contributed by atoms with Crippen molar-refractivity contribution < 1.29 is 19.0 Å². The van der Waals surface area contributed by atoms with Gasteiger partial charge in [0, 0.05) is 0 Å². The van der Waals surface area contributed by atoms with E-state index in [1.807, 2.05) is 36.4 Å². The van der Waals surface area contributed by atoms with Crippen LogP contribution in [-0.4, -0.2) is 47.9 Å². The van der Waals surface area contributed by atoms with Crippen molar-refractivity contribution >= 4 is 18.7 Å². The molecular formula is C25H28N2O6Si. The van der Waals surface area contributed by atoms with Gasteiger partial charge in [0.2, 0.25) is 5.88 Å². The Kier molecular flexibility index (Phi) is 5.60. The lowest BCUT2D eigenvalue weighted by Crippen LogP contribution is -2.67. The van der Waals surface area contributed by atoms with Crippen LogP contribution in [0.4, 0.5) is 0 Å². The average Bonchev–Trinajstić information content (AvgIpc) is 3.30. The Balaban J connectivity index is 1.48. The molecule has 34 heavy (non-hydrogen) atoms. The quantitative estimate of drug-likeness (QED) is 0.531. The Bertz CT molecular complexity index is 1240. The van der Waals surface area contributed by atoms with E-state index in [2.05, 4.69) is 50.0 Å². The molecule has 0 bridgehead atoms. The van der Waals surface area contributed by atoms with E-state index in [1.165, 1.54) is 10.6 Å².